The van der Waals surface area contributed by atoms with Gasteiger partial charge in [-0.15, -0.1) is 6.58 Å². The van der Waals surface area contributed by atoms with Crippen LogP contribution in [0.3, 0.4) is 0 Å². The number of hydrogen-bond donors (Lipinski definition) is 1. The Morgan fingerprint density at radius 2 is 2.04 bits per heavy atom. The smallest absolute Gasteiger partial charge is 0.155 e. The molecule has 0 aromatic heterocycles. The van der Waals surface area contributed by atoms with E-state index in [2.05, 4.69) is 26.5 Å². The topological polar surface area (TPSA) is 37.3 Å². The number of carbonyl (C=O) groups excluding carboxylic acids is 1. The van der Waals surface area contributed by atoms with E-state index >= 15 is 0 Å². The highest BCUT2D eigenvalue weighted by Crippen LogP contribution is 2.66. The van der Waals surface area contributed by atoms with Crippen molar-refractivity contribution in [3.63, 3.8) is 0 Å². The van der Waals surface area contributed by atoms with Crippen LogP contribution in [0.1, 0.15) is 65.2 Å². The maximum absolute atomic E-state index is 12.0. The summed E-state index contributed by atoms with van der Waals surface area (Å²) in [6, 6.07) is 0. The number of aliphatic hydroxyl groups excluding tert-OH is 1. The molecule has 4 rings (SSSR count). The van der Waals surface area contributed by atoms with Crippen LogP contribution in [0.25, 0.3) is 0 Å². The van der Waals surface area contributed by atoms with Gasteiger partial charge in [0, 0.05) is 6.42 Å². The average molecular weight is 328 g/mol. The van der Waals surface area contributed by atoms with Crippen molar-refractivity contribution >= 4 is 5.78 Å². The summed E-state index contributed by atoms with van der Waals surface area (Å²) in [7, 11) is 0. The van der Waals surface area contributed by atoms with Crippen LogP contribution in [-0.2, 0) is 4.79 Å². The third kappa shape index (κ3) is 2.14. The van der Waals surface area contributed by atoms with Gasteiger partial charge in [-0.2, -0.15) is 0 Å². The minimum atomic E-state index is -0.120. The van der Waals surface area contributed by atoms with Crippen LogP contribution in [0.5, 0.6) is 0 Å². The van der Waals surface area contributed by atoms with Gasteiger partial charge in [-0.25, -0.2) is 0 Å². The predicted molar refractivity (Wildman–Crippen MR) is 96.4 cm³/mol. The van der Waals surface area contributed by atoms with Crippen molar-refractivity contribution in [2.45, 2.75) is 71.3 Å². The normalized spacial score (nSPS) is 50.5. The van der Waals surface area contributed by atoms with Gasteiger partial charge in [-0.1, -0.05) is 25.5 Å². The first kappa shape index (κ1) is 16.6. The van der Waals surface area contributed by atoms with Crippen molar-refractivity contribution in [2.75, 3.05) is 0 Å². The Balaban J connectivity index is 1.76. The SMILES string of the molecule is C=CCC1CC2=CC(=O)CC[C@]2(C)[C@H]2CC[C@]3(C)[C@@H](O)CC[C@H]3[C@H]12. The molecule has 0 saturated heterocycles. The van der Waals surface area contributed by atoms with Crippen LogP contribution >= 0.6 is 0 Å². The molecule has 2 nitrogen and oxygen atoms in total. The fourth-order valence-electron chi connectivity index (χ4n) is 7.13. The molecular weight excluding hydrogens is 296 g/mol. The van der Waals surface area contributed by atoms with Crippen LogP contribution in [0.15, 0.2) is 24.3 Å². The Morgan fingerprint density at radius 1 is 1.25 bits per heavy atom. The molecule has 0 aromatic carbocycles. The molecule has 7 atom stereocenters. The molecule has 3 fully saturated rings. The molecule has 0 aliphatic heterocycles. The third-order valence-corrected chi connectivity index (χ3v) is 8.56. The van der Waals surface area contributed by atoms with Crippen molar-refractivity contribution in [3.05, 3.63) is 24.3 Å². The summed E-state index contributed by atoms with van der Waals surface area (Å²) in [5, 5.41) is 10.6. The minimum Gasteiger partial charge on any atom is -0.393 e. The molecule has 0 bridgehead atoms. The monoisotopic (exact) mass is 328 g/mol. The van der Waals surface area contributed by atoms with E-state index in [1.165, 1.54) is 18.4 Å². The van der Waals surface area contributed by atoms with E-state index in [-0.39, 0.29) is 16.9 Å². The van der Waals surface area contributed by atoms with Crippen molar-refractivity contribution in [1.82, 2.24) is 0 Å². The second-order valence-electron chi connectivity index (χ2n) is 9.47. The molecule has 4 aliphatic carbocycles. The molecule has 0 amide bonds. The second kappa shape index (κ2) is 5.56. The number of aliphatic hydroxyl groups is 1. The molecule has 1 unspecified atom stereocenters. The lowest BCUT2D eigenvalue weighted by Crippen LogP contribution is -2.54. The maximum Gasteiger partial charge on any atom is 0.155 e. The summed E-state index contributed by atoms with van der Waals surface area (Å²) in [4.78, 5) is 12.0. The highest BCUT2D eigenvalue weighted by Gasteiger charge is 2.60. The summed E-state index contributed by atoms with van der Waals surface area (Å²) in [6.45, 7) is 8.78. The molecule has 1 N–H and O–H groups in total. The average Bonchev–Trinajstić information content (AvgIpc) is 2.85. The molecule has 0 heterocycles. The number of carbonyl (C=O) groups is 1. The van der Waals surface area contributed by atoms with E-state index in [4.69, 9.17) is 0 Å². The van der Waals surface area contributed by atoms with Gasteiger partial charge in [0.15, 0.2) is 5.78 Å². The summed E-state index contributed by atoms with van der Waals surface area (Å²) < 4.78 is 0. The number of rotatable bonds is 2. The van der Waals surface area contributed by atoms with Gasteiger partial charge in [-0.3, -0.25) is 4.79 Å². The third-order valence-electron chi connectivity index (χ3n) is 8.56. The molecule has 3 saturated carbocycles. The van der Waals surface area contributed by atoms with Crippen LogP contribution in [0.2, 0.25) is 0 Å². The van der Waals surface area contributed by atoms with Crippen LogP contribution in [0, 0.1) is 34.5 Å². The highest BCUT2D eigenvalue weighted by atomic mass is 16.3. The zero-order valence-electron chi connectivity index (χ0n) is 15.3. The van der Waals surface area contributed by atoms with Gasteiger partial charge in [0.2, 0.25) is 0 Å². The Hall–Kier alpha value is -0.890. The zero-order chi connectivity index (χ0) is 17.1. The summed E-state index contributed by atoms with van der Waals surface area (Å²) in [6.07, 6.45) is 12.3. The highest BCUT2D eigenvalue weighted by molar-refractivity contribution is 5.91. The van der Waals surface area contributed by atoms with Gasteiger partial charge in [-0.05, 0) is 85.5 Å². The first-order valence-electron chi connectivity index (χ1n) is 9.93. The van der Waals surface area contributed by atoms with Gasteiger partial charge < -0.3 is 5.11 Å². The number of hydrogen-bond acceptors (Lipinski definition) is 2. The molecule has 2 heteroatoms. The molecule has 0 radical (unpaired) electrons. The van der Waals surface area contributed by atoms with Gasteiger partial charge >= 0.3 is 0 Å². The second-order valence-corrected chi connectivity index (χ2v) is 9.47. The lowest BCUT2D eigenvalue weighted by molar-refractivity contribution is -0.119. The van der Waals surface area contributed by atoms with Crippen LogP contribution in [0.4, 0.5) is 0 Å². The fraction of sp³-hybridized carbons (Fsp3) is 0.773. The molecular formula is C22H32O2. The lowest BCUT2D eigenvalue weighted by atomic mass is 9.44. The van der Waals surface area contributed by atoms with Crippen LogP contribution in [-0.4, -0.2) is 17.0 Å². The summed E-state index contributed by atoms with van der Waals surface area (Å²) >= 11 is 0. The van der Waals surface area contributed by atoms with Crippen molar-refractivity contribution in [2.24, 2.45) is 34.5 Å². The first-order chi connectivity index (χ1) is 11.4. The van der Waals surface area contributed by atoms with Crippen molar-refractivity contribution < 1.29 is 9.90 Å². The summed E-state index contributed by atoms with van der Waals surface area (Å²) in [5.74, 6) is 2.95. The number of fused-ring (bicyclic) bond motifs is 5. The largest absolute Gasteiger partial charge is 0.393 e. The molecule has 4 aliphatic rings. The number of allylic oxidation sites excluding steroid dienone is 2. The standard InChI is InChI=1S/C22H32O2/c1-4-5-14-12-15-13-16(23)8-10-21(15,2)18-9-11-22(3)17(20(14)18)6-7-19(22)24/h4,13-14,17-20,24H,1,5-12H2,2-3H3/t14?,17-,18-,19-,20-,21-,22-/m0/s1. The maximum atomic E-state index is 12.0. The summed E-state index contributed by atoms with van der Waals surface area (Å²) in [5.41, 5.74) is 1.75. The van der Waals surface area contributed by atoms with E-state index < -0.39 is 0 Å². The Bertz CT molecular complexity index is 591. The quantitative estimate of drug-likeness (QED) is 0.747. The van der Waals surface area contributed by atoms with E-state index in [0.29, 0.717) is 29.5 Å². The molecule has 0 spiro atoms. The lowest BCUT2D eigenvalue weighted by Gasteiger charge is -2.60. The Morgan fingerprint density at radius 3 is 2.79 bits per heavy atom. The van der Waals surface area contributed by atoms with E-state index in [9.17, 15) is 9.90 Å². The minimum absolute atomic E-state index is 0.114. The Labute approximate surface area is 146 Å². The molecule has 24 heavy (non-hydrogen) atoms. The first-order valence-corrected chi connectivity index (χ1v) is 9.93. The van der Waals surface area contributed by atoms with Gasteiger partial charge in [0.05, 0.1) is 6.10 Å². The van der Waals surface area contributed by atoms with E-state index in [1.807, 2.05) is 6.08 Å². The predicted octanol–water partition coefficient (Wildman–Crippen LogP) is 4.68. The van der Waals surface area contributed by atoms with Gasteiger partial charge in [0.25, 0.3) is 0 Å². The van der Waals surface area contributed by atoms with Crippen molar-refractivity contribution in [1.29, 1.82) is 0 Å². The Kier molecular flexibility index (Phi) is 3.84. The van der Waals surface area contributed by atoms with Gasteiger partial charge in [0.1, 0.15) is 0 Å². The van der Waals surface area contributed by atoms with Crippen LogP contribution < -0.4 is 0 Å². The van der Waals surface area contributed by atoms with E-state index in [0.717, 1.165) is 38.5 Å². The van der Waals surface area contributed by atoms with Crippen molar-refractivity contribution in [3.8, 4) is 0 Å². The molecule has 132 valence electrons. The van der Waals surface area contributed by atoms with E-state index in [1.54, 1.807) is 0 Å². The molecule has 0 aromatic rings. The fourth-order valence-corrected chi connectivity index (χ4v) is 7.13. The zero-order valence-corrected chi connectivity index (χ0v) is 15.3. The number of ketones is 1.